The molecule has 0 spiro atoms. The molecule has 1 fully saturated rings. The largest absolute Gasteiger partial charge is 0.497 e. The summed E-state index contributed by atoms with van der Waals surface area (Å²) < 4.78 is 18.9. The maximum absolute atomic E-state index is 6.11. The molecular formula is C23H26N6O3. The van der Waals surface area contributed by atoms with Gasteiger partial charge in [-0.25, -0.2) is 9.97 Å². The molecule has 4 aromatic rings. The van der Waals surface area contributed by atoms with Crippen LogP contribution in [0.5, 0.6) is 5.75 Å². The van der Waals surface area contributed by atoms with E-state index >= 15 is 0 Å². The van der Waals surface area contributed by atoms with Crippen LogP contribution in [0.4, 0.5) is 0 Å². The van der Waals surface area contributed by atoms with Crippen LogP contribution in [0, 0.1) is 0 Å². The van der Waals surface area contributed by atoms with Crippen molar-refractivity contribution in [3.05, 3.63) is 54.1 Å². The van der Waals surface area contributed by atoms with Gasteiger partial charge in [-0.15, -0.1) is 0 Å². The molecule has 9 nitrogen and oxygen atoms in total. The van der Waals surface area contributed by atoms with Crippen LogP contribution in [-0.4, -0.2) is 56.4 Å². The summed E-state index contributed by atoms with van der Waals surface area (Å²) in [4.78, 5) is 15.5. The first-order valence-electron chi connectivity index (χ1n) is 10.7. The van der Waals surface area contributed by atoms with Gasteiger partial charge < -0.3 is 18.6 Å². The van der Waals surface area contributed by atoms with Crippen LogP contribution < -0.4 is 4.74 Å². The van der Waals surface area contributed by atoms with Crippen LogP contribution in [0.25, 0.3) is 22.3 Å². The molecule has 1 aliphatic rings. The van der Waals surface area contributed by atoms with E-state index in [0.29, 0.717) is 24.7 Å². The van der Waals surface area contributed by atoms with E-state index in [9.17, 15) is 0 Å². The Balaban J connectivity index is 1.39. The smallest absolute Gasteiger partial charge is 0.226 e. The van der Waals surface area contributed by atoms with Crippen LogP contribution in [0.3, 0.4) is 0 Å². The lowest BCUT2D eigenvalue weighted by Crippen LogP contribution is -2.38. The predicted octanol–water partition coefficient (Wildman–Crippen LogP) is 3.16. The molecule has 5 rings (SSSR count). The predicted molar refractivity (Wildman–Crippen MR) is 118 cm³/mol. The fourth-order valence-corrected chi connectivity index (χ4v) is 4.23. The Morgan fingerprint density at radius 3 is 3.00 bits per heavy atom. The molecule has 1 aliphatic heterocycles. The number of aromatic nitrogens is 5. The number of fused-ring (bicyclic) bond motifs is 1. The van der Waals surface area contributed by atoms with E-state index in [2.05, 4.69) is 55.0 Å². The summed E-state index contributed by atoms with van der Waals surface area (Å²) in [6.45, 7) is 5.00. The third-order valence-electron chi connectivity index (χ3n) is 5.88. The zero-order chi connectivity index (χ0) is 22.1. The highest BCUT2D eigenvalue weighted by Crippen LogP contribution is 2.31. The van der Waals surface area contributed by atoms with E-state index in [4.69, 9.17) is 14.0 Å². The van der Waals surface area contributed by atoms with Gasteiger partial charge in [0.1, 0.15) is 18.2 Å². The molecule has 3 aromatic heterocycles. The summed E-state index contributed by atoms with van der Waals surface area (Å²) in [6.07, 6.45) is 5.95. The average molecular weight is 435 g/mol. The molecule has 0 amide bonds. The van der Waals surface area contributed by atoms with Gasteiger partial charge >= 0.3 is 0 Å². The number of rotatable bonds is 6. The van der Waals surface area contributed by atoms with Crippen LogP contribution >= 0.6 is 0 Å². The molecule has 0 aliphatic carbocycles. The number of methoxy groups -OCH3 is 1. The number of morpholine rings is 1. The van der Waals surface area contributed by atoms with Crippen molar-refractivity contribution in [3.8, 4) is 17.1 Å². The zero-order valence-electron chi connectivity index (χ0n) is 18.5. The molecular weight excluding hydrogens is 408 g/mol. The van der Waals surface area contributed by atoms with E-state index in [1.807, 2.05) is 13.0 Å². The lowest BCUT2D eigenvalue weighted by Gasteiger charge is -2.33. The van der Waals surface area contributed by atoms with Crippen molar-refractivity contribution in [1.29, 1.82) is 0 Å². The van der Waals surface area contributed by atoms with E-state index < -0.39 is 0 Å². The summed E-state index contributed by atoms with van der Waals surface area (Å²) in [5.41, 5.74) is 3.97. The van der Waals surface area contributed by atoms with Gasteiger partial charge in [-0.2, -0.15) is 4.98 Å². The quantitative estimate of drug-likeness (QED) is 0.457. The van der Waals surface area contributed by atoms with Gasteiger partial charge in [-0.1, -0.05) is 12.1 Å². The number of hydrogen-bond donors (Lipinski definition) is 0. The molecule has 9 heteroatoms. The first kappa shape index (κ1) is 20.6. The molecule has 0 radical (unpaired) electrons. The van der Waals surface area contributed by atoms with Gasteiger partial charge in [0.25, 0.3) is 0 Å². The number of ether oxygens (including phenoxy) is 2. The lowest BCUT2D eigenvalue weighted by atomic mass is 10.1. The molecule has 4 heterocycles. The minimum absolute atomic E-state index is 0.194. The van der Waals surface area contributed by atoms with Gasteiger partial charge in [0.2, 0.25) is 11.7 Å². The number of aryl methyl sites for hydroxylation is 2. The van der Waals surface area contributed by atoms with Crippen LogP contribution in [0.2, 0.25) is 0 Å². The molecule has 32 heavy (non-hydrogen) atoms. The molecule has 166 valence electrons. The third-order valence-corrected chi connectivity index (χ3v) is 5.88. The second-order valence-corrected chi connectivity index (χ2v) is 7.93. The van der Waals surface area contributed by atoms with Gasteiger partial charge in [0.05, 0.1) is 30.5 Å². The fourth-order valence-electron chi connectivity index (χ4n) is 4.23. The number of hydrogen-bond acceptors (Lipinski definition) is 8. The van der Waals surface area contributed by atoms with Crippen molar-refractivity contribution in [1.82, 2.24) is 29.6 Å². The minimum atomic E-state index is -0.194. The molecule has 0 unspecified atom stereocenters. The monoisotopic (exact) mass is 434 g/mol. The average Bonchev–Trinajstić information content (AvgIpc) is 3.44. The number of nitrogens with zero attached hydrogens (tertiary/aromatic N) is 6. The van der Waals surface area contributed by atoms with E-state index in [1.54, 1.807) is 19.6 Å². The van der Waals surface area contributed by atoms with Crippen molar-refractivity contribution in [2.24, 2.45) is 7.05 Å². The van der Waals surface area contributed by atoms with Crippen LogP contribution in [0.15, 0.2) is 41.4 Å². The SMILES string of the molecule is CCc1nc(-c2cncnc2[C@H]2CN(Cc3cn(C)c4cc(OC)ccc34)CCO2)no1. The summed E-state index contributed by atoms with van der Waals surface area (Å²) in [5.74, 6) is 1.95. The molecule has 1 atom stereocenters. The topological polar surface area (TPSA) is 91.3 Å². The maximum atomic E-state index is 6.11. The second kappa shape index (κ2) is 8.68. The van der Waals surface area contributed by atoms with E-state index in [0.717, 1.165) is 42.2 Å². The van der Waals surface area contributed by atoms with Crippen molar-refractivity contribution >= 4 is 10.9 Å². The standard InChI is InChI=1S/C23H26N6O3/c1-4-21-26-23(27-32-21)18-10-24-14-25-22(18)20-13-29(7-8-31-20)12-15-11-28(2)19-9-16(30-3)5-6-17(15)19/h5-6,9-11,14,20H,4,7-8,12-13H2,1-3H3/t20-/m1/s1. The van der Waals surface area contributed by atoms with E-state index in [-0.39, 0.29) is 6.10 Å². The lowest BCUT2D eigenvalue weighted by molar-refractivity contribution is -0.0346. The second-order valence-electron chi connectivity index (χ2n) is 7.93. The summed E-state index contributed by atoms with van der Waals surface area (Å²) >= 11 is 0. The normalized spacial score (nSPS) is 17.2. The summed E-state index contributed by atoms with van der Waals surface area (Å²) in [6, 6.07) is 6.21. The molecule has 0 N–H and O–H groups in total. The van der Waals surface area contributed by atoms with Gasteiger partial charge in [-0.3, -0.25) is 4.90 Å². The Hall–Kier alpha value is -3.30. The van der Waals surface area contributed by atoms with Crippen molar-refractivity contribution in [3.63, 3.8) is 0 Å². The van der Waals surface area contributed by atoms with E-state index in [1.165, 1.54) is 10.9 Å². The van der Waals surface area contributed by atoms with Crippen molar-refractivity contribution in [2.45, 2.75) is 26.0 Å². The van der Waals surface area contributed by atoms with Crippen LogP contribution in [-0.2, 0) is 24.8 Å². The Morgan fingerprint density at radius 1 is 1.28 bits per heavy atom. The Morgan fingerprint density at radius 2 is 2.19 bits per heavy atom. The first-order valence-corrected chi connectivity index (χ1v) is 10.7. The highest BCUT2D eigenvalue weighted by Gasteiger charge is 2.28. The molecule has 0 saturated carbocycles. The molecule has 0 bridgehead atoms. The fraction of sp³-hybridized carbons (Fsp3) is 0.391. The molecule has 1 saturated heterocycles. The Bertz CT molecular complexity index is 1230. The summed E-state index contributed by atoms with van der Waals surface area (Å²) in [7, 11) is 3.76. The van der Waals surface area contributed by atoms with Crippen molar-refractivity contribution in [2.75, 3.05) is 26.8 Å². The minimum Gasteiger partial charge on any atom is -0.497 e. The molecule has 1 aromatic carbocycles. The highest BCUT2D eigenvalue weighted by atomic mass is 16.5. The highest BCUT2D eigenvalue weighted by molar-refractivity contribution is 5.85. The zero-order valence-corrected chi connectivity index (χ0v) is 18.5. The Labute approximate surface area is 186 Å². The van der Waals surface area contributed by atoms with Crippen LogP contribution in [0.1, 0.15) is 30.2 Å². The Kier molecular flexibility index (Phi) is 5.59. The first-order chi connectivity index (χ1) is 15.7. The third kappa shape index (κ3) is 3.85. The number of benzene rings is 1. The maximum Gasteiger partial charge on any atom is 0.226 e. The van der Waals surface area contributed by atoms with Crippen molar-refractivity contribution < 1.29 is 14.0 Å². The summed E-state index contributed by atoms with van der Waals surface area (Å²) in [5, 5.41) is 5.34. The van der Waals surface area contributed by atoms with Gasteiger partial charge in [0, 0.05) is 56.9 Å². The van der Waals surface area contributed by atoms with Gasteiger partial charge in [0.15, 0.2) is 0 Å². The van der Waals surface area contributed by atoms with Gasteiger partial charge in [-0.05, 0) is 17.7 Å².